The lowest BCUT2D eigenvalue weighted by Crippen LogP contribution is -2.41. The number of rotatable bonds is 4. The van der Waals surface area contributed by atoms with Crippen LogP contribution in [0.2, 0.25) is 0 Å². The smallest absolute Gasteiger partial charge is 0.431 e. The van der Waals surface area contributed by atoms with Gasteiger partial charge in [-0.3, -0.25) is 9.36 Å². The van der Waals surface area contributed by atoms with Crippen molar-refractivity contribution >= 4 is 5.97 Å². The molecule has 0 amide bonds. The molecule has 0 bridgehead atoms. The average Bonchev–Trinajstić information content (AvgIpc) is 3.18. The normalized spacial score (nSPS) is 13.2. The first kappa shape index (κ1) is 24.7. The van der Waals surface area contributed by atoms with Crippen molar-refractivity contribution in [3.8, 4) is 17.1 Å². The van der Waals surface area contributed by atoms with Gasteiger partial charge in [-0.2, -0.15) is 26.3 Å². The van der Waals surface area contributed by atoms with Gasteiger partial charge in [0.05, 0.1) is 11.1 Å². The van der Waals surface area contributed by atoms with Crippen molar-refractivity contribution in [1.29, 1.82) is 0 Å². The van der Waals surface area contributed by atoms with Gasteiger partial charge in [-0.1, -0.05) is 0 Å². The van der Waals surface area contributed by atoms with Crippen molar-refractivity contribution in [2.24, 2.45) is 7.05 Å². The molecule has 15 heteroatoms. The van der Waals surface area contributed by atoms with Crippen LogP contribution in [0.15, 0.2) is 40.2 Å². The quantitative estimate of drug-likeness (QED) is 0.562. The maximum atomic E-state index is 15.0. The van der Waals surface area contributed by atoms with Gasteiger partial charge in [0, 0.05) is 25.5 Å². The minimum Gasteiger partial charge on any atom is -0.480 e. The molecule has 0 aliphatic rings. The number of hydrogen-bond acceptors (Lipinski definition) is 4. The third-order valence-corrected chi connectivity index (χ3v) is 4.94. The Morgan fingerprint density at radius 1 is 1.09 bits per heavy atom. The van der Waals surface area contributed by atoms with Gasteiger partial charge in [0.2, 0.25) is 0 Å². The Hall–Kier alpha value is -3.91. The van der Waals surface area contributed by atoms with Crippen molar-refractivity contribution in [3.05, 3.63) is 68.5 Å². The lowest BCUT2D eigenvalue weighted by Gasteiger charge is -2.21. The summed E-state index contributed by atoms with van der Waals surface area (Å²) in [6.07, 6.45) is -8.52. The predicted molar refractivity (Wildman–Crippen MR) is 101 cm³/mol. The first-order chi connectivity index (χ1) is 15.6. The van der Waals surface area contributed by atoms with Crippen molar-refractivity contribution in [2.75, 3.05) is 0 Å². The van der Waals surface area contributed by atoms with E-state index in [1.165, 1.54) is 0 Å². The molecule has 2 heterocycles. The Labute approximate surface area is 184 Å². The number of carbonyl (C=O) groups is 1. The van der Waals surface area contributed by atoms with Crippen molar-refractivity contribution < 1.29 is 40.6 Å². The van der Waals surface area contributed by atoms with Crippen LogP contribution in [0.5, 0.6) is 0 Å². The second-order valence-corrected chi connectivity index (χ2v) is 7.03. The number of alkyl halides is 6. The molecular formula is C19H13F7N4O4. The Balaban J connectivity index is 2.54. The number of imidazole rings is 1. The number of carboxylic acids is 1. The largest absolute Gasteiger partial charge is 0.480 e. The highest BCUT2D eigenvalue weighted by molar-refractivity contribution is 5.76. The Kier molecular flexibility index (Phi) is 5.92. The van der Waals surface area contributed by atoms with E-state index in [1.54, 1.807) is 0 Å². The number of halogens is 7. The average molecular weight is 494 g/mol. The van der Waals surface area contributed by atoms with E-state index in [9.17, 15) is 50.2 Å². The number of carboxylic acid groups (broad SMARTS) is 1. The van der Waals surface area contributed by atoms with Crippen molar-refractivity contribution in [2.45, 2.75) is 25.3 Å². The Morgan fingerprint density at radius 3 is 2.24 bits per heavy atom. The fraction of sp³-hybridized carbons (Fsp3) is 0.263. The molecule has 1 unspecified atom stereocenters. The van der Waals surface area contributed by atoms with Crippen LogP contribution in [-0.4, -0.2) is 29.8 Å². The summed E-state index contributed by atoms with van der Waals surface area (Å²) >= 11 is 0. The highest BCUT2D eigenvalue weighted by Gasteiger charge is 2.40. The molecule has 0 saturated heterocycles. The maximum absolute atomic E-state index is 15.0. The van der Waals surface area contributed by atoms with E-state index < -0.39 is 69.8 Å². The van der Waals surface area contributed by atoms with Gasteiger partial charge < -0.3 is 9.67 Å². The molecular weight excluding hydrogens is 481 g/mol. The second-order valence-electron chi connectivity index (χ2n) is 7.03. The first-order valence-electron chi connectivity index (χ1n) is 9.13. The molecule has 182 valence electrons. The van der Waals surface area contributed by atoms with Crippen molar-refractivity contribution in [1.82, 2.24) is 18.7 Å². The van der Waals surface area contributed by atoms with Gasteiger partial charge in [-0.05, 0) is 19.1 Å². The summed E-state index contributed by atoms with van der Waals surface area (Å²) in [4.78, 5) is 40.2. The number of aliphatic carboxylic acids is 1. The summed E-state index contributed by atoms with van der Waals surface area (Å²) in [6.45, 7) is 1.07. The topological polar surface area (TPSA) is 99.1 Å². The molecule has 1 N–H and O–H groups in total. The summed E-state index contributed by atoms with van der Waals surface area (Å²) in [5, 5.41) is 9.27. The zero-order chi connectivity index (χ0) is 25.7. The van der Waals surface area contributed by atoms with Crippen LogP contribution in [-0.2, 0) is 24.2 Å². The van der Waals surface area contributed by atoms with Gasteiger partial charge in [0.25, 0.3) is 5.56 Å². The number of benzene rings is 1. The lowest BCUT2D eigenvalue weighted by atomic mass is 10.0. The summed E-state index contributed by atoms with van der Waals surface area (Å²) in [6, 6.07) is -1.05. The molecule has 3 aromatic rings. The summed E-state index contributed by atoms with van der Waals surface area (Å²) < 4.78 is 96.5. The van der Waals surface area contributed by atoms with E-state index in [2.05, 4.69) is 4.98 Å². The van der Waals surface area contributed by atoms with Gasteiger partial charge >= 0.3 is 24.0 Å². The van der Waals surface area contributed by atoms with Crippen LogP contribution in [0, 0.1) is 5.82 Å². The number of nitrogens with zero attached hydrogens (tertiary/aromatic N) is 4. The molecule has 34 heavy (non-hydrogen) atoms. The summed E-state index contributed by atoms with van der Waals surface area (Å²) in [7, 11) is 0.597. The summed E-state index contributed by atoms with van der Waals surface area (Å²) in [5.41, 5.74) is -9.41. The highest BCUT2D eigenvalue weighted by Crippen LogP contribution is 2.41. The lowest BCUT2D eigenvalue weighted by molar-refractivity contribution is -0.144. The standard InChI is InChI=1S/C19H13F7N4O4/c1-8(16(32)33)29-6-5-27-15(29)13-9(18(21,22)23)3-4-10(20)14(13)30-12(31)7-11(19(24,25)26)28(2)17(30)34/h3-8H,1-2H3,(H,32,33). The number of aromatic nitrogens is 4. The van der Waals surface area contributed by atoms with Crippen LogP contribution in [0.25, 0.3) is 17.1 Å². The molecule has 1 atom stereocenters. The predicted octanol–water partition coefficient (Wildman–Crippen LogP) is 3.22. The van der Waals surface area contributed by atoms with Gasteiger partial charge in [0.15, 0.2) is 0 Å². The second kappa shape index (κ2) is 8.14. The molecule has 2 aromatic heterocycles. The van der Waals surface area contributed by atoms with E-state index in [1.807, 2.05) is 0 Å². The van der Waals surface area contributed by atoms with Crippen molar-refractivity contribution in [3.63, 3.8) is 0 Å². The van der Waals surface area contributed by atoms with E-state index >= 15 is 0 Å². The third-order valence-electron chi connectivity index (χ3n) is 4.94. The highest BCUT2D eigenvalue weighted by atomic mass is 19.4. The Bertz CT molecular complexity index is 1400. The molecule has 0 aliphatic heterocycles. The molecule has 3 rings (SSSR count). The third kappa shape index (κ3) is 4.08. The van der Waals surface area contributed by atoms with E-state index in [4.69, 9.17) is 0 Å². The number of hydrogen-bond donors (Lipinski definition) is 1. The van der Waals surface area contributed by atoms with Crippen LogP contribution >= 0.6 is 0 Å². The van der Waals surface area contributed by atoms with Gasteiger partial charge in [-0.25, -0.2) is 23.5 Å². The summed E-state index contributed by atoms with van der Waals surface area (Å²) in [5.74, 6) is -3.86. The van der Waals surface area contributed by atoms with E-state index in [0.717, 1.165) is 23.9 Å². The van der Waals surface area contributed by atoms with Crippen LogP contribution in [0.3, 0.4) is 0 Å². The SMILES string of the molecule is CC(C(=O)O)n1ccnc1-c1c(C(F)(F)F)ccc(F)c1-n1c(=O)cc(C(F)(F)F)n(C)c1=O. The molecule has 8 nitrogen and oxygen atoms in total. The van der Waals surface area contributed by atoms with Gasteiger partial charge in [-0.15, -0.1) is 0 Å². The first-order valence-corrected chi connectivity index (χ1v) is 9.13. The van der Waals surface area contributed by atoms with Crippen LogP contribution in [0.1, 0.15) is 24.2 Å². The zero-order valence-electron chi connectivity index (χ0n) is 17.1. The monoisotopic (exact) mass is 494 g/mol. The zero-order valence-corrected chi connectivity index (χ0v) is 17.1. The molecule has 0 fully saturated rings. The minimum absolute atomic E-state index is 0.0722. The fourth-order valence-corrected chi connectivity index (χ4v) is 3.29. The molecule has 1 aromatic carbocycles. The molecule has 0 spiro atoms. The Morgan fingerprint density at radius 2 is 1.71 bits per heavy atom. The molecule has 0 radical (unpaired) electrons. The van der Waals surface area contributed by atoms with Crippen LogP contribution in [0.4, 0.5) is 30.7 Å². The van der Waals surface area contributed by atoms with Gasteiger partial charge in [0.1, 0.15) is 29.1 Å². The van der Waals surface area contributed by atoms with E-state index in [-0.39, 0.29) is 27.3 Å². The fourth-order valence-electron chi connectivity index (χ4n) is 3.29. The van der Waals surface area contributed by atoms with Crippen LogP contribution < -0.4 is 11.2 Å². The maximum Gasteiger partial charge on any atom is 0.431 e. The molecule has 0 saturated carbocycles. The minimum atomic E-state index is -5.22. The molecule has 0 aliphatic carbocycles. The van der Waals surface area contributed by atoms with E-state index in [0.29, 0.717) is 7.05 Å².